The van der Waals surface area contributed by atoms with Crippen molar-refractivity contribution < 1.29 is 9.84 Å². The summed E-state index contributed by atoms with van der Waals surface area (Å²) in [5, 5.41) is 13.3. The standard InChI is InChI=1S/C15H25NO2S/c1-12(16-9-5-4-6-10-19-3)14-11-13(18-2)7-8-15(14)17/h7-8,11-12,16-17H,4-6,9-10H2,1-3H3. The zero-order valence-corrected chi connectivity index (χ0v) is 12.9. The normalized spacial score (nSPS) is 12.4. The number of benzene rings is 1. The SMILES string of the molecule is COc1ccc(O)c(C(C)NCCCCCSC)c1. The zero-order chi connectivity index (χ0) is 14.1. The summed E-state index contributed by atoms with van der Waals surface area (Å²) in [6.07, 6.45) is 5.85. The summed E-state index contributed by atoms with van der Waals surface area (Å²) in [5.41, 5.74) is 0.892. The molecule has 1 aromatic rings. The summed E-state index contributed by atoms with van der Waals surface area (Å²) in [4.78, 5) is 0. The minimum absolute atomic E-state index is 0.135. The first-order valence-corrected chi connectivity index (χ1v) is 8.17. The van der Waals surface area contributed by atoms with Gasteiger partial charge in [-0.3, -0.25) is 0 Å². The van der Waals surface area contributed by atoms with Gasteiger partial charge in [0.15, 0.2) is 0 Å². The van der Waals surface area contributed by atoms with E-state index in [1.54, 1.807) is 19.2 Å². The van der Waals surface area contributed by atoms with Crippen molar-refractivity contribution in [3.05, 3.63) is 23.8 Å². The Hall–Kier alpha value is -0.870. The minimum atomic E-state index is 0.135. The quantitative estimate of drug-likeness (QED) is 0.680. The largest absolute Gasteiger partial charge is 0.508 e. The lowest BCUT2D eigenvalue weighted by Gasteiger charge is -2.16. The first-order valence-electron chi connectivity index (χ1n) is 6.78. The number of hydrogen-bond donors (Lipinski definition) is 2. The van der Waals surface area contributed by atoms with Crippen molar-refractivity contribution in [2.75, 3.05) is 25.7 Å². The highest BCUT2D eigenvalue weighted by Crippen LogP contribution is 2.28. The van der Waals surface area contributed by atoms with E-state index in [0.717, 1.165) is 17.9 Å². The van der Waals surface area contributed by atoms with Crippen LogP contribution in [0.15, 0.2) is 18.2 Å². The van der Waals surface area contributed by atoms with Gasteiger partial charge in [-0.05, 0) is 56.5 Å². The molecule has 0 radical (unpaired) electrons. The number of phenols is 1. The Kier molecular flexibility index (Phi) is 7.75. The van der Waals surface area contributed by atoms with Gasteiger partial charge in [-0.1, -0.05) is 6.42 Å². The Balaban J connectivity index is 2.38. The fourth-order valence-corrected chi connectivity index (χ4v) is 2.48. The van der Waals surface area contributed by atoms with Gasteiger partial charge in [0.25, 0.3) is 0 Å². The molecule has 0 fully saturated rings. The van der Waals surface area contributed by atoms with Crippen LogP contribution in [0.3, 0.4) is 0 Å². The maximum Gasteiger partial charge on any atom is 0.120 e. The first kappa shape index (κ1) is 16.2. The molecule has 4 heteroatoms. The molecule has 0 saturated carbocycles. The number of aromatic hydroxyl groups is 1. The maximum absolute atomic E-state index is 9.88. The highest BCUT2D eigenvalue weighted by atomic mass is 32.2. The van der Waals surface area contributed by atoms with E-state index in [4.69, 9.17) is 4.74 Å². The van der Waals surface area contributed by atoms with Gasteiger partial charge in [-0.2, -0.15) is 11.8 Å². The number of phenolic OH excluding ortho intramolecular Hbond substituents is 1. The Labute approximate surface area is 120 Å². The van der Waals surface area contributed by atoms with E-state index in [0.29, 0.717) is 5.75 Å². The second kappa shape index (κ2) is 9.10. The number of thioether (sulfide) groups is 1. The molecule has 0 aliphatic carbocycles. The van der Waals surface area contributed by atoms with Crippen LogP contribution in [-0.4, -0.2) is 30.8 Å². The van der Waals surface area contributed by atoms with Gasteiger partial charge >= 0.3 is 0 Å². The van der Waals surface area contributed by atoms with Crippen molar-refractivity contribution in [3.63, 3.8) is 0 Å². The van der Waals surface area contributed by atoms with Crippen molar-refractivity contribution in [1.29, 1.82) is 0 Å². The predicted octanol–water partition coefficient (Wildman–Crippen LogP) is 3.58. The Bertz CT molecular complexity index is 371. The molecule has 0 heterocycles. The molecule has 1 rings (SSSR count). The van der Waals surface area contributed by atoms with Crippen LogP contribution in [0, 0.1) is 0 Å². The van der Waals surface area contributed by atoms with Crippen LogP contribution >= 0.6 is 11.8 Å². The average Bonchev–Trinajstić information content (AvgIpc) is 2.43. The second-order valence-corrected chi connectivity index (χ2v) is 5.64. The number of rotatable bonds is 9. The van der Waals surface area contributed by atoms with E-state index in [1.807, 2.05) is 17.8 Å². The smallest absolute Gasteiger partial charge is 0.120 e. The third-order valence-corrected chi connectivity index (χ3v) is 3.87. The third-order valence-electron chi connectivity index (χ3n) is 3.18. The number of ether oxygens (including phenoxy) is 1. The molecule has 19 heavy (non-hydrogen) atoms. The van der Waals surface area contributed by atoms with Gasteiger partial charge in [0.2, 0.25) is 0 Å². The summed E-state index contributed by atoms with van der Waals surface area (Å²) in [7, 11) is 1.64. The molecule has 2 N–H and O–H groups in total. The highest BCUT2D eigenvalue weighted by Gasteiger charge is 2.10. The summed E-state index contributed by atoms with van der Waals surface area (Å²) < 4.78 is 5.19. The summed E-state index contributed by atoms with van der Waals surface area (Å²) in [5.74, 6) is 2.34. The van der Waals surface area contributed by atoms with Crippen molar-refractivity contribution in [3.8, 4) is 11.5 Å². The van der Waals surface area contributed by atoms with E-state index in [-0.39, 0.29) is 6.04 Å². The molecule has 0 aromatic heterocycles. The molecular formula is C15H25NO2S. The topological polar surface area (TPSA) is 41.5 Å². The molecular weight excluding hydrogens is 258 g/mol. The molecule has 3 nitrogen and oxygen atoms in total. The molecule has 0 amide bonds. The summed E-state index contributed by atoms with van der Waals surface area (Å²) in [6, 6.07) is 5.48. The fourth-order valence-electron chi connectivity index (χ4n) is 1.98. The third kappa shape index (κ3) is 5.74. The van der Waals surface area contributed by atoms with Crippen LogP contribution in [0.2, 0.25) is 0 Å². The van der Waals surface area contributed by atoms with Gasteiger partial charge < -0.3 is 15.2 Å². The van der Waals surface area contributed by atoms with Crippen LogP contribution in [-0.2, 0) is 0 Å². The van der Waals surface area contributed by atoms with E-state index >= 15 is 0 Å². The zero-order valence-electron chi connectivity index (χ0n) is 12.1. The predicted molar refractivity (Wildman–Crippen MR) is 83.3 cm³/mol. The summed E-state index contributed by atoms with van der Waals surface area (Å²) >= 11 is 1.90. The molecule has 1 unspecified atom stereocenters. The van der Waals surface area contributed by atoms with E-state index in [9.17, 15) is 5.11 Å². The Morgan fingerprint density at radius 3 is 2.79 bits per heavy atom. The highest BCUT2D eigenvalue weighted by molar-refractivity contribution is 7.98. The number of methoxy groups -OCH3 is 1. The van der Waals surface area contributed by atoms with Crippen LogP contribution in [0.1, 0.15) is 37.8 Å². The van der Waals surface area contributed by atoms with Crippen LogP contribution in [0.25, 0.3) is 0 Å². The molecule has 0 aliphatic heterocycles. The molecule has 0 aliphatic rings. The molecule has 108 valence electrons. The molecule has 0 spiro atoms. The summed E-state index contributed by atoms with van der Waals surface area (Å²) in [6.45, 7) is 3.04. The number of nitrogens with one attached hydrogen (secondary N) is 1. The fraction of sp³-hybridized carbons (Fsp3) is 0.600. The van der Waals surface area contributed by atoms with Gasteiger partial charge in [0, 0.05) is 11.6 Å². The second-order valence-electron chi connectivity index (χ2n) is 4.65. The molecule has 0 bridgehead atoms. The lowest BCUT2D eigenvalue weighted by atomic mass is 10.1. The van der Waals surface area contributed by atoms with Crippen LogP contribution in [0.4, 0.5) is 0 Å². The van der Waals surface area contributed by atoms with Gasteiger partial charge in [-0.15, -0.1) is 0 Å². The molecule has 0 saturated heterocycles. The lowest BCUT2D eigenvalue weighted by molar-refractivity contribution is 0.407. The molecule has 1 aromatic carbocycles. The van der Waals surface area contributed by atoms with Crippen molar-refractivity contribution in [1.82, 2.24) is 5.32 Å². The Morgan fingerprint density at radius 1 is 1.32 bits per heavy atom. The van der Waals surface area contributed by atoms with Gasteiger partial charge in [-0.25, -0.2) is 0 Å². The number of unbranched alkanes of at least 4 members (excludes halogenated alkanes) is 2. The van der Waals surface area contributed by atoms with Crippen molar-refractivity contribution in [2.45, 2.75) is 32.2 Å². The number of hydrogen-bond acceptors (Lipinski definition) is 4. The molecule has 1 atom stereocenters. The van der Waals surface area contributed by atoms with Crippen molar-refractivity contribution >= 4 is 11.8 Å². The lowest BCUT2D eigenvalue weighted by Crippen LogP contribution is -2.20. The average molecular weight is 283 g/mol. The maximum atomic E-state index is 9.88. The van der Waals surface area contributed by atoms with E-state index < -0.39 is 0 Å². The minimum Gasteiger partial charge on any atom is -0.508 e. The van der Waals surface area contributed by atoms with Crippen LogP contribution in [0.5, 0.6) is 11.5 Å². The van der Waals surface area contributed by atoms with Gasteiger partial charge in [0.1, 0.15) is 11.5 Å². The van der Waals surface area contributed by atoms with Crippen LogP contribution < -0.4 is 10.1 Å². The van der Waals surface area contributed by atoms with Crippen molar-refractivity contribution in [2.24, 2.45) is 0 Å². The van der Waals surface area contributed by atoms with Gasteiger partial charge in [0.05, 0.1) is 7.11 Å². The van der Waals surface area contributed by atoms with E-state index in [2.05, 4.69) is 18.5 Å². The Morgan fingerprint density at radius 2 is 2.11 bits per heavy atom. The monoisotopic (exact) mass is 283 g/mol. The first-order chi connectivity index (χ1) is 9.19. The van der Waals surface area contributed by atoms with E-state index in [1.165, 1.54) is 25.0 Å².